The van der Waals surface area contributed by atoms with Gasteiger partial charge >= 0.3 is 5.97 Å². The van der Waals surface area contributed by atoms with Crippen molar-refractivity contribution in [2.24, 2.45) is 0 Å². The van der Waals surface area contributed by atoms with Crippen molar-refractivity contribution >= 4 is 5.97 Å². The summed E-state index contributed by atoms with van der Waals surface area (Å²) in [5, 5.41) is 4.09. The third kappa shape index (κ3) is 2.81. The molecule has 3 rings (SSSR count). The summed E-state index contributed by atoms with van der Waals surface area (Å²) < 4.78 is 20.0. The summed E-state index contributed by atoms with van der Waals surface area (Å²) in [6, 6.07) is 15.1. The number of carbonyl (C=O) groups excluding carboxylic acids is 1. The van der Waals surface area contributed by atoms with Gasteiger partial charge in [0.15, 0.2) is 11.6 Å². The molecule has 0 unspecified atom stereocenters. The van der Waals surface area contributed by atoms with Crippen LogP contribution in [0.3, 0.4) is 0 Å². The molecule has 21 heavy (non-hydrogen) atoms. The molecule has 0 aliphatic rings. The van der Waals surface area contributed by atoms with Crippen LogP contribution in [-0.4, -0.2) is 15.7 Å². The maximum Gasteiger partial charge on any atom is 0.346 e. The summed E-state index contributed by atoms with van der Waals surface area (Å²) in [7, 11) is 0. The minimum atomic E-state index is -0.651. The highest BCUT2D eigenvalue weighted by Crippen LogP contribution is 2.17. The first-order valence-electron chi connectivity index (χ1n) is 6.31. The Hall–Kier alpha value is -2.95. The Morgan fingerprint density at radius 3 is 2.52 bits per heavy atom. The summed E-state index contributed by atoms with van der Waals surface area (Å²) in [6.45, 7) is 0. The predicted octanol–water partition coefficient (Wildman–Crippen LogP) is 3.23. The molecule has 1 heterocycles. The average molecular weight is 282 g/mol. The van der Waals surface area contributed by atoms with Crippen LogP contribution in [0.5, 0.6) is 5.75 Å². The fourth-order valence-electron chi connectivity index (χ4n) is 1.84. The fraction of sp³-hybridized carbons (Fsp3) is 0. The van der Waals surface area contributed by atoms with Crippen molar-refractivity contribution in [1.29, 1.82) is 0 Å². The van der Waals surface area contributed by atoms with E-state index in [0.29, 0.717) is 0 Å². The highest BCUT2D eigenvalue weighted by Gasteiger charge is 2.14. The molecule has 0 bridgehead atoms. The molecule has 0 radical (unpaired) electrons. The number of nitrogens with zero attached hydrogens (tertiary/aromatic N) is 2. The molecule has 0 spiro atoms. The number of halogens is 1. The first kappa shape index (κ1) is 13.1. The van der Waals surface area contributed by atoms with E-state index in [0.717, 1.165) is 5.69 Å². The second-order valence-electron chi connectivity index (χ2n) is 4.33. The normalized spacial score (nSPS) is 10.3. The predicted molar refractivity (Wildman–Crippen MR) is 74.9 cm³/mol. The Labute approximate surface area is 120 Å². The van der Waals surface area contributed by atoms with Crippen molar-refractivity contribution in [2.45, 2.75) is 0 Å². The van der Waals surface area contributed by atoms with Crippen LogP contribution in [-0.2, 0) is 0 Å². The second kappa shape index (κ2) is 5.58. The maximum absolute atomic E-state index is 13.4. The maximum atomic E-state index is 13.4. The largest absolute Gasteiger partial charge is 0.420 e. The number of para-hydroxylation sites is 2. The van der Waals surface area contributed by atoms with Crippen LogP contribution in [0.1, 0.15) is 10.4 Å². The Morgan fingerprint density at radius 1 is 1.05 bits per heavy atom. The van der Waals surface area contributed by atoms with Crippen molar-refractivity contribution < 1.29 is 13.9 Å². The summed E-state index contributed by atoms with van der Waals surface area (Å²) in [5.74, 6) is -1.33. The SMILES string of the molecule is O=C(Oc1ccccc1F)c1cnn(-c2ccccc2)c1. The fourth-order valence-corrected chi connectivity index (χ4v) is 1.84. The topological polar surface area (TPSA) is 44.1 Å². The first-order valence-corrected chi connectivity index (χ1v) is 6.31. The summed E-state index contributed by atoms with van der Waals surface area (Å²) >= 11 is 0. The monoisotopic (exact) mass is 282 g/mol. The lowest BCUT2D eigenvalue weighted by Gasteiger charge is -2.03. The standard InChI is InChI=1S/C16H11FN2O2/c17-14-8-4-5-9-15(14)21-16(20)12-10-18-19(11-12)13-6-2-1-3-7-13/h1-11H. The smallest absolute Gasteiger partial charge is 0.346 e. The van der Waals surface area contributed by atoms with E-state index in [9.17, 15) is 9.18 Å². The molecule has 0 N–H and O–H groups in total. The van der Waals surface area contributed by atoms with Gasteiger partial charge in [0, 0.05) is 6.20 Å². The molecule has 104 valence electrons. The third-order valence-electron chi connectivity index (χ3n) is 2.88. The Bertz CT molecular complexity index is 769. The number of esters is 1. The van der Waals surface area contributed by atoms with Gasteiger partial charge in [-0.2, -0.15) is 5.10 Å². The van der Waals surface area contributed by atoms with E-state index in [1.807, 2.05) is 30.3 Å². The quantitative estimate of drug-likeness (QED) is 0.547. The number of benzene rings is 2. The zero-order valence-corrected chi connectivity index (χ0v) is 10.9. The van der Waals surface area contributed by atoms with Gasteiger partial charge < -0.3 is 4.74 Å². The van der Waals surface area contributed by atoms with Gasteiger partial charge in [0.25, 0.3) is 0 Å². The van der Waals surface area contributed by atoms with Gasteiger partial charge in [-0.05, 0) is 24.3 Å². The molecule has 0 saturated carbocycles. The molecule has 5 heteroatoms. The minimum absolute atomic E-state index is 0.102. The average Bonchev–Trinajstić information content (AvgIpc) is 3.00. The number of ether oxygens (including phenoxy) is 1. The molecule has 0 fully saturated rings. The Balaban J connectivity index is 1.80. The van der Waals surface area contributed by atoms with Gasteiger partial charge in [-0.1, -0.05) is 30.3 Å². The van der Waals surface area contributed by atoms with Gasteiger partial charge in [-0.25, -0.2) is 13.9 Å². The highest BCUT2D eigenvalue weighted by atomic mass is 19.1. The second-order valence-corrected chi connectivity index (χ2v) is 4.33. The summed E-state index contributed by atoms with van der Waals surface area (Å²) in [5.41, 5.74) is 1.07. The van der Waals surface area contributed by atoms with E-state index in [1.165, 1.54) is 24.4 Å². The highest BCUT2D eigenvalue weighted by molar-refractivity contribution is 5.90. The first-order chi connectivity index (χ1) is 10.2. The Morgan fingerprint density at radius 2 is 1.76 bits per heavy atom. The van der Waals surface area contributed by atoms with Gasteiger partial charge in [-0.15, -0.1) is 0 Å². The molecular weight excluding hydrogens is 271 g/mol. The van der Waals surface area contributed by atoms with E-state index in [-0.39, 0.29) is 11.3 Å². The zero-order valence-electron chi connectivity index (χ0n) is 10.9. The van der Waals surface area contributed by atoms with Gasteiger partial charge in [-0.3, -0.25) is 0 Å². The van der Waals surface area contributed by atoms with E-state index in [2.05, 4.69) is 5.10 Å². The van der Waals surface area contributed by atoms with Crippen LogP contribution in [0, 0.1) is 5.82 Å². The molecule has 0 aliphatic heterocycles. The number of hydrogen-bond acceptors (Lipinski definition) is 3. The molecule has 0 aliphatic carbocycles. The van der Waals surface area contributed by atoms with Crippen molar-refractivity contribution in [3.05, 3.63) is 78.4 Å². The Kier molecular flexibility index (Phi) is 3.47. The molecule has 3 aromatic rings. The lowest BCUT2D eigenvalue weighted by atomic mass is 10.3. The van der Waals surface area contributed by atoms with Crippen LogP contribution in [0.25, 0.3) is 5.69 Å². The van der Waals surface area contributed by atoms with E-state index in [1.54, 1.807) is 16.9 Å². The van der Waals surface area contributed by atoms with Crippen LogP contribution in [0.4, 0.5) is 4.39 Å². The van der Waals surface area contributed by atoms with Gasteiger partial charge in [0.1, 0.15) is 0 Å². The van der Waals surface area contributed by atoms with Crippen molar-refractivity contribution in [3.8, 4) is 11.4 Å². The van der Waals surface area contributed by atoms with E-state index >= 15 is 0 Å². The molecule has 0 amide bonds. The number of rotatable bonds is 3. The molecule has 0 atom stereocenters. The summed E-state index contributed by atoms with van der Waals surface area (Å²) in [4.78, 5) is 12.0. The van der Waals surface area contributed by atoms with Gasteiger partial charge in [0.05, 0.1) is 17.4 Å². The molecular formula is C16H11FN2O2. The van der Waals surface area contributed by atoms with Gasteiger partial charge in [0.2, 0.25) is 0 Å². The number of carbonyl (C=O) groups is 1. The van der Waals surface area contributed by atoms with Crippen molar-refractivity contribution in [3.63, 3.8) is 0 Å². The van der Waals surface area contributed by atoms with Crippen LogP contribution in [0.15, 0.2) is 67.0 Å². The third-order valence-corrected chi connectivity index (χ3v) is 2.88. The van der Waals surface area contributed by atoms with Crippen LogP contribution < -0.4 is 4.74 Å². The molecule has 2 aromatic carbocycles. The molecule has 1 aromatic heterocycles. The van der Waals surface area contributed by atoms with Crippen molar-refractivity contribution in [1.82, 2.24) is 9.78 Å². The summed E-state index contributed by atoms with van der Waals surface area (Å²) in [6.07, 6.45) is 2.93. The van der Waals surface area contributed by atoms with Crippen molar-refractivity contribution in [2.75, 3.05) is 0 Å². The van der Waals surface area contributed by atoms with E-state index < -0.39 is 11.8 Å². The minimum Gasteiger partial charge on any atom is -0.420 e. The van der Waals surface area contributed by atoms with E-state index in [4.69, 9.17) is 4.74 Å². The molecule has 4 nitrogen and oxygen atoms in total. The van der Waals surface area contributed by atoms with Crippen LogP contribution >= 0.6 is 0 Å². The lowest BCUT2D eigenvalue weighted by Crippen LogP contribution is -2.08. The molecule has 0 saturated heterocycles. The number of hydrogen-bond donors (Lipinski definition) is 0. The zero-order chi connectivity index (χ0) is 14.7. The van der Waals surface area contributed by atoms with Crippen LogP contribution in [0.2, 0.25) is 0 Å². The lowest BCUT2D eigenvalue weighted by molar-refractivity contribution is 0.0728. The number of aromatic nitrogens is 2.